The Morgan fingerprint density at radius 1 is 0.386 bits per heavy atom. The molecule has 15 rings (SSSR count). The summed E-state index contributed by atoms with van der Waals surface area (Å²) >= 11 is 1.86. The second-order valence-electron chi connectivity index (χ2n) is 18.8. The third-order valence-corrected chi connectivity index (χ3v) is 16.3. The van der Waals surface area contributed by atoms with Crippen LogP contribution in [0.4, 0.5) is 17.1 Å². The van der Waals surface area contributed by atoms with E-state index in [1.807, 2.05) is 11.3 Å². The molecule has 0 saturated heterocycles. The van der Waals surface area contributed by atoms with Crippen molar-refractivity contribution in [2.75, 3.05) is 4.90 Å². The molecule has 2 aliphatic rings. The summed E-state index contributed by atoms with van der Waals surface area (Å²) in [5.74, 6) is 0. The molecule has 0 unspecified atom stereocenters. The number of hydrogen-bond donors (Lipinski definition) is 0. The maximum absolute atomic E-state index is 2.54. The molecule has 0 atom stereocenters. The zero-order chi connectivity index (χ0) is 45.9. The fourth-order valence-corrected chi connectivity index (χ4v) is 13.2. The van der Waals surface area contributed by atoms with Crippen molar-refractivity contribution in [2.24, 2.45) is 0 Å². The molecule has 13 aromatic rings. The summed E-state index contributed by atoms with van der Waals surface area (Å²) in [6, 6.07) is 90.2. The van der Waals surface area contributed by atoms with Crippen molar-refractivity contribution in [3.63, 3.8) is 0 Å². The molecule has 326 valence electrons. The van der Waals surface area contributed by atoms with Gasteiger partial charge in [0.1, 0.15) is 0 Å². The first kappa shape index (κ1) is 39.3. The van der Waals surface area contributed by atoms with Gasteiger partial charge in [-0.1, -0.05) is 176 Å². The van der Waals surface area contributed by atoms with Crippen molar-refractivity contribution in [3.8, 4) is 27.9 Å². The number of aromatic nitrogens is 1. The molecular weight excluding hydrogens is 865 g/mol. The SMILES string of the molecule is C1=Cc2c3cc4c(cc3cc3c5ccccc5n(c23)-c2cc(-c3ccc(N(c5ccccc5)c5ccc6sc7ccccc7c6c5)cc3)ccc21)-c1ccccc1C4(c1ccccc1)c1ccccc1. The van der Waals surface area contributed by atoms with Crippen molar-refractivity contribution >= 4 is 93.3 Å². The largest absolute Gasteiger partial charge is 0.310 e. The molecule has 3 heterocycles. The number of hydrogen-bond acceptors (Lipinski definition) is 2. The predicted molar refractivity (Wildman–Crippen MR) is 298 cm³/mol. The van der Waals surface area contributed by atoms with Gasteiger partial charge in [0.25, 0.3) is 0 Å². The Morgan fingerprint density at radius 2 is 1.03 bits per heavy atom. The summed E-state index contributed by atoms with van der Waals surface area (Å²) in [5, 5.41) is 7.63. The summed E-state index contributed by atoms with van der Waals surface area (Å²) in [4.78, 5) is 2.37. The first-order valence-corrected chi connectivity index (χ1v) is 25.0. The van der Waals surface area contributed by atoms with Crippen LogP contribution < -0.4 is 4.90 Å². The van der Waals surface area contributed by atoms with Crippen LogP contribution in [0, 0.1) is 0 Å². The first-order chi connectivity index (χ1) is 34.7. The van der Waals surface area contributed by atoms with Crippen LogP contribution in [-0.2, 0) is 5.41 Å². The molecule has 0 fully saturated rings. The molecule has 0 saturated carbocycles. The van der Waals surface area contributed by atoms with Gasteiger partial charge in [-0.3, -0.25) is 0 Å². The molecule has 2 aromatic heterocycles. The lowest BCUT2D eigenvalue weighted by molar-refractivity contribution is 0.769. The molecule has 0 radical (unpaired) electrons. The highest BCUT2D eigenvalue weighted by molar-refractivity contribution is 7.25. The van der Waals surface area contributed by atoms with E-state index in [9.17, 15) is 0 Å². The van der Waals surface area contributed by atoms with Crippen LogP contribution in [0.3, 0.4) is 0 Å². The van der Waals surface area contributed by atoms with Gasteiger partial charge in [-0.15, -0.1) is 11.3 Å². The van der Waals surface area contributed by atoms with Gasteiger partial charge in [-0.05, 0) is 140 Å². The van der Waals surface area contributed by atoms with E-state index < -0.39 is 5.41 Å². The Hall–Kier alpha value is -8.76. The standard InChI is InChI=1S/C67H42N2S/c1-4-16-47(17-5-1)67(48-18-6-2-7-19-48)60-25-13-10-22-52(60)57-38-46-39-59-53-23-11-14-26-62(53)69-63-40-45(29-28-44(63)32-36-55(66(59)69)56(46)42-61(57)67)43-30-33-50(34-31-43)68(49-20-8-3-9-21-49)51-35-37-65-58(41-51)54-24-12-15-27-64(54)70-65/h1-42H. The molecule has 11 aromatic carbocycles. The number of para-hydroxylation sites is 2. The highest BCUT2D eigenvalue weighted by Crippen LogP contribution is 2.58. The predicted octanol–water partition coefficient (Wildman–Crippen LogP) is 18.3. The number of fused-ring (bicyclic) bond motifs is 13. The number of nitrogens with zero attached hydrogens (tertiary/aromatic N) is 2. The van der Waals surface area contributed by atoms with Crippen LogP contribution >= 0.6 is 11.3 Å². The summed E-state index contributed by atoms with van der Waals surface area (Å²) in [7, 11) is 0. The average Bonchev–Trinajstić information content (AvgIpc) is 4.02. The Kier molecular flexibility index (Phi) is 8.48. The highest BCUT2D eigenvalue weighted by atomic mass is 32.1. The van der Waals surface area contributed by atoms with E-state index in [0.717, 1.165) is 17.1 Å². The fourth-order valence-electron chi connectivity index (χ4n) is 12.1. The molecule has 0 amide bonds. The fraction of sp³-hybridized carbons (Fsp3) is 0.0149. The van der Waals surface area contributed by atoms with Crippen LogP contribution in [0.25, 0.3) is 92.8 Å². The van der Waals surface area contributed by atoms with Crippen LogP contribution in [0.2, 0.25) is 0 Å². The Morgan fingerprint density at radius 3 is 1.83 bits per heavy atom. The summed E-state index contributed by atoms with van der Waals surface area (Å²) < 4.78 is 5.16. The van der Waals surface area contributed by atoms with Gasteiger partial charge in [-0.2, -0.15) is 0 Å². The van der Waals surface area contributed by atoms with Gasteiger partial charge in [0, 0.05) is 53.6 Å². The van der Waals surface area contributed by atoms with Crippen molar-refractivity contribution < 1.29 is 0 Å². The molecule has 0 bridgehead atoms. The van der Waals surface area contributed by atoms with E-state index >= 15 is 0 Å². The van der Waals surface area contributed by atoms with Gasteiger partial charge >= 0.3 is 0 Å². The van der Waals surface area contributed by atoms with E-state index in [1.165, 1.54) is 114 Å². The molecule has 3 heteroatoms. The molecule has 0 spiro atoms. The van der Waals surface area contributed by atoms with Crippen LogP contribution in [0.1, 0.15) is 33.4 Å². The van der Waals surface area contributed by atoms with Gasteiger partial charge in [0.15, 0.2) is 0 Å². The third-order valence-electron chi connectivity index (χ3n) is 15.2. The molecule has 1 aliphatic carbocycles. The van der Waals surface area contributed by atoms with Crippen molar-refractivity contribution in [2.45, 2.75) is 5.41 Å². The monoisotopic (exact) mass is 906 g/mol. The lowest BCUT2D eigenvalue weighted by Crippen LogP contribution is -2.28. The molecular formula is C67H42N2S. The van der Waals surface area contributed by atoms with Crippen LogP contribution in [0.15, 0.2) is 243 Å². The van der Waals surface area contributed by atoms with E-state index in [2.05, 4.69) is 264 Å². The maximum atomic E-state index is 2.54. The van der Waals surface area contributed by atoms with E-state index in [0.29, 0.717) is 0 Å². The highest BCUT2D eigenvalue weighted by Gasteiger charge is 2.46. The lowest BCUT2D eigenvalue weighted by Gasteiger charge is -2.34. The zero-order valence-corrected chi connectivity index (χ0v) is 38.9. The van der Waals surface area contributed by atoms with Gasteiger partial charge in [0.05, 0.1) is 22.1 Å². The first-order valence-electron chi connectivity index (χ1n) is 24.2. The second kappa shape index (κ2) is 15.1. The quantitative estimate of drug-likeness (QED) is 0.161. The third kappa shape index (κ3) is 5.61. The Balaban J connectivity index is 0.900. The van der Waals surface area contributed by atoms with Crippen molar-refractivity contribution in [1.29, 1.82) is 0 Å². The van der Waals surface area contributed by atoms with Gasteiger partial charge in [-0.25, -0.2) is 0 Å². The van der Waals surface area contributed by atoms with Crippen LogP contribution in [0.5, 0.6) is 0 Å². The zero-order valence-electron chi connectivity index (χ0n) is 38.1. The lowest BCUT2D eigenvalue weighted by atomic mass is 9.67. The van der Waals surface area contributed by atoms with Crippen molar-refractivity contribution in [1.82, 2.24) is 4.57 Å². The topological polar surface area (TPSA) is 8.17 Å². The smallest absolute Gasteiger partial charge is 0.0713 e. The minimum atomic E-state index is -0.483. The summed E-state index contributed by atoms with van der Waals surface area (Å²) in [6.45, 7) is 0. The van der Waals surface area contributed by atoms with E-state index in [4.69, 9.17) is 0 Å². The molecule has 2 nitrogen and oxygen atoms in total. The summed E-state index contributed by atoms with van der Waals surface area (Å²) in [6.07, 6.45) is 4.73. The van der Waals surface area contributed by atoms with E-state index in [1.54, 1.807) is 0 Å². The second-order valence-corrected chi connectivity index (χ2v) is 19.9. The number of anilines is 3. The normalized spacial score (nSPS) is 13.2. The Labute approximate surface area is 409 Å². The van der Waals surface area contributed by atoms with Gasteiger partial charge < -0.3 is 9.47 Å². The molecule has 70 heavy (non-hydrogen) atoms. The van der Waals surface area contributed by atoms with Gasteiger partial charge in [0.2, 0.25) is 0 Å². The molecule has 0 N–H and O–H groups in total. The number of rotatable bonds is 6. The Bertz CT molecular complexity index is 4240. The minimum absolute atomic E-state index is 0.483. The van der Waals surface area contributed by atoms with Crippen molar-refractivity contribution in [3.05, 3.63) is 276 Å². The van der Waals surface area contributed by atoms with E-state index in [-0.39, 0.29) is 0 Å². The minimum Gasteiger partial charge on any atom is -0.310 e. The maximum Gasteiger partial charge on any atom is 0.0713 e. The van der Waals surface area contributed by atoms with Crippen LogP contribution in [-0.4, -0.2) is 4.57 Å². The number of thiophene rings is 1. The molecule has 1 aliphatic heterocycles. The average molecular weight is 907 g/mol. The number of benzene rings is 11. The summed E-state index contributed by atoms with van der Waals surface area (Å²) in [5.41, 5.74) is 19.1.